The first-order valence-corrected chi connectivity index (χ1v) is 8.83. The van der Waals surface area contributed by atoms with Gasteiger partial charge in [-0.15, -0.1) is 0 Å². The van der Waals surface area contributed by atoms with Crippen LogP contribution in [0.5, 0.6) is 0 Å². The predicted octanol–water partition coefficient (Wildman–Crippen LogP) is -0.0219. The van der Waals surface area contributed by atoms with Gasteiger partial charge in [0.05, 0.1) is 30.3 Å². The Kier molecular flexibility index (Phi) is 5.61. The number of methoxy groups -OCH3 is 2. The predicted molar refractivity (Wildman–Crippen MR) is 84.1 cm³/mol. The van der Waals surface area contributed by atoms with Gasteiger partial charge in [0.1, 0.15) is 6.10 Å². The average Bonchev–Trinajstić information content (AvgIpc) is 2.55. The Morgan fingerprint density at radius 2 is 1.61 bits per heavy atom. The second-order valence-corrected chi connectivity index (χ2v) is 7.49. The SMILES string of the molecule is COC1CC(O)C2CC(O)C(C3CCC(O)C(OC)C3)[OH+]C2C1. The smallest absolute Gasteiger partial charge is 0.184 e. The van der Waals surface area contributed by atoms with Crippen LogP contribution in [0.25, 0.3) is 0 Å². The van der Waals surface area contributed by atoms with Gasteiger partial charge in [-0.3, -0.25) is 0 Å². The van der Waals surface area contributed by atoms with Gasteiger partial charge in [0, 0.05) is 33.0 Å². The summed E-state index contributed by atoms with van der Waals surface area (Å²) in [6, 6.07) is 0. The molecule has 9 atom stereocenters. The number of hydrogen-bond donors (Lipinski definition) is 3. The number of aliphatic hydroxyl groups excluding tert-OH is 3. The summed E-state index contributed by atoms with van der Waals surface area (Å²) in [5.74, 6) is 0.277. The summed E-state index contributed by atoms with van der Waals surface area (Å²) in [4.78, 5) is 0. The van der Waals surface area contributed by atoms with Crippen molar-refractivity contribution in [2.24, 2.45) is 11.8 Å². The lowest BCUT2D eigenvalue weighted by Gasteiger charge is -2.46. The fourth-order valence-corrected chi connectivity index (χ4v) is 4.80. The fourth-order valence-electron chi connectivity index (χ4n) is 4.80. The summed E-state index contributed by atoms with van der Waals surface area (Å²) in [7, 11) is 3.31. The quantitative estimate of drug-likeness (QED) is 0.632. The van der Waals surface area contributed by atoms with E-state index in [9.17, 15) is 15.3 Å². The van der Waals surface area contributed by atoms with E-state index in [1.165, 1.54) is 0 Å². The molecule has 1 heterocycles. The third-order valence-electron chi connectivity index (χ3n) is 6.19. The van der Waals surface area contributed by atoms with Crippen molar-refractivity contribution in [3.63, 3.8) is 0 Å². The Bertz CT molecular complexity index is 391. The first-order valence-electron chi connectivity index (χ1n) is 8.83. The van der Waals surface area contributed by atoms with Gasteiger partial charge in [0.2, 0.25) is 0 Å². The summed E-state index contributed by atoms with van der Waals surface area (Å²) in [6.45, 7) is 0. The van der Waals surface area contributed by atoms with Crippen molar-refractivity contribution in [2.75, 3.05) is 14.2 Å². The number of fused-ring (bicyclic) bond motifs is 1. The van der Waals surface area contributed by atoms with Gasteiger partial charge in [-0.2, -0.15) is 0 Å². The average molecular weight is 331 g/mol. The highest BCUT2D eigenvalue weighted by Gasteiger charge is 2.51. The van der Waals surface area contributed by atoms with Crippen molar-refractivity contribution in [3.8, 4) is 0 Å². The second kappa shape index (κ2) is 7.33. The van der Waals surface area contributed by atoms with Crippen molar-refractivity contribution in [1.82, 2.24) is 0 Å². The summed E-state index contributed by atoms with van der Waals surface area (Å²) in [6.07, 6.45) is 2.79. The van der Waals surface area contributed by atoms with Crippen LogP contribution in [0.2, 0.25) is 0 Å². The molecule has 0 radical (unpaired) electrons. The standard InChI is InChI=1S/C17H30O6/c1-21-10-6-13(19)11-8-14(20)17(23-15(11)7-10)9-3-4-12(18)16(5-9)22-2/h9-20H,3-8H2,1-2H3/p+1. The highest BCUT2D eigenvalue weighted by atomic mass is 16.5. The van der Waals surface area contributed by atoms with Crippen molar-refractivity contribution in [3.05, 3.63) is 0 Å². The molecule has 23 heavy (non-hydrogen) atoms. The lowest BCUT2D eigenvalue weighted by Crippen LogP contribution is -2.58. The maximum Gasteiger partial charge on any atom is 0.184 e. The zero-order chi connectivity index (χ0) is 16.6. The Balaban J connectivity index is 1.67. The van der Waals surface area contributed by atoms with Gasteiger partial charge < -0.3 is 29.5 Å². The van der Waals surface area contributed by atoms with Crippen LogP contribution >= 0.6 is 0 Å². The Hall–Kier alpha value is -0.240. The first-order chi connectivity index (χ1) is 11.0. The van der Waals surface area contributed by atoms with E-state index >= 15 is 0 Å². The molecular weight excluding hydrogens is 300 g/mol. The molecule has 0 spiro atoms. The maximum absolute atomic E-state index is 10.6. The van der Waals surface area contributed by atoms with Gasteiger partial charge in [-0.1, -0.05) is 0 Å². The maximum atomic E-state index is 10.6. The molecule has 3 aliphatic rings. The van der Waals surface area contributed by atoms with E-state index in [4.69, 9.17) is 14.2 Å². The Morgan fingerprint density at radius 1 is 0.826 bits per heavy atom. The van der Waals surface area contributed by atoms with Gasteiger partial charge in [-0.05, 0) is 25.7 Å². The van der Waals surface area contributed by atoms with Crippen molar-refractivity contribution in [2.45, 2.75) is 81.3 Å². The van der Waals surface area contributed by atoms with E-state index in [-0.39, 0.29) is 36.3 Å². The number of hydrogen-bond acceptors (Lipinski definition) is 5. The highest BCUT2D eigenvalue weighted by molar-refractivity contribution is 4.96. The van der Waals surface area contributed by atoms with Crippen LogP contribution in [-0.2, 0) is 9.47 Å². The lowest BCUT2D eigenvalue weighted by molar-refractivity contribution is -0.298. The molecule has 9 unspecified atom stereocenters. The minimum Gasteiger partial charge on any atom is -0.427 e. The molecular formula is C17H31O6+. The fraction of sp³-hybridized carbons (Fsp3) is 1.00. The second-order valence-electron chi connectivity index (χ2n) is 7.49. The van der Waals surface area contributed by atoms with Crippen LogP contribution in [0.15, 0.2) is 0 Å². The number of aliphatic hydroxyl groups is 5. The minimum atomic E-state index is -0.511. The van der Waals surface area contributed by atoms with Gasteiger partial charge in [0.15, 0.2) is 12.2 Å². The van der Waals surface area contributed by atoms with Crippen LogP contribution in [0.4, 0.5) is 0 Å². The van der Waals surface area contributed by atoms with Crippen molar-refractivity contribution >= 4 is 0 Å². The van der Waals surface area contributed by atoms with Crippen LogP contribution < -0.4 is 0 Å². The van der Waals surface area contributed by atoms with Crippen molar-refractivity contribution < 1.29 is 29.5 Å². The molecule has 0 bridgehead atoms. The molecule has 1 saturated heterocycles. The zero-order valence-electron chi connectivity index (χ0n) is 14.0. The molecule has 6 heteroatoms. The van der Waals surface area contributed by atoms with Crippen molar-refractivity contribution in [1.29, 1.82) is 0 Å². The zero-order valence-corrected chi connectivity index (χ0v) is 14.0. The lowest BCUT2D eigenvalue weighted by atomic mass is 9.72. The van der Waals surface area contributed by atoms with Gasteiger partial charge in [0.25, 0.3) is 0 Å². The Labute approximate surface area is 137 Å². The monoisotopic (exact) mass is 331 g/mol. The molecule has 0 aromatic rings. The summed E-state index contributed by atoms with van der Waals surface area (Å²) < 4.78 is 15.7. The number of ether oxygens (including phenoxy) is 3. The molecule has 2 aliphatic carbocycles. The van der Waals surface area contributed by atoms with Crippen LogP contribution in [0.1, 0.15) is 38.5 Å². The molecule has 6 nitrogen and oxygen atoms in total. The van der Waals surface area contributed by atoms with Gasteiger partial charge >= 0.3 is 0 Å². The topological polar surface area (TPSA) is 92.0 Å². The third kappa shape index (κ3) is 3.57. The third-order valence-corrected chi connectivity index (χ3v) is 6.19. The molecule has 4 N–H and O–H groups in total. The summed E-state index contributed by atoms with van der Waals surface area (Å²) in [5, 5.41) is 30.9. The summed E-state index contributed by atoms with van der Waals surface area (Å²) in [5.41, 5.74) is 0. The van der Waals surface area contributed by atoms with E-state index in [2.05, 4.69) is 0 Å². The Morgan fingerprint density at radius 3 is 2.30 bits per heavy atom. The van der Waals surface area contributed by atoms with Crippen LogP contribution in [-0.4, -0.2) is 77.0 Å². The molecule has 3 fully saturated rings. The van der Waals surface area contributed by atoms with E-state index in [1.54, 1.807) is 14.2 Å². The molecule has 3 rings (SSSR count). The molecule has 0 aromatic heterocycles. The van der Waals surface area contributed by atoms with E-state index in [0.717, 1.165) is 19.3 Å². The largest absolute Gasteiger partial charge is 0.427 e. The number of rotatable bonds is 3. The van der Waals surface area contributed by atoms with E-state index in [1.807, 2.05) is 0 Å². The first kappa shape index (κ1) is 17.6. The normalized spacial score (nSPS) is 51.3. The highest BCUT2D eigenvalue weighted by Crippen LogP contribution is 2.40. The molecule has 134 valence electrons. The summed E-state index contributed by atoms with van der Waals surface area (Å²) >= 11 is 0. The van der Waals surface area contributed by atoms with Crippen LogP contribution in [0.3, 0.4) is 0 Å². The van der Waals surface area contributed by atoms with Gasteiger partial charge in [-0.25, -0.2) is 0 Å². The van der Waals surface area contributed by atoms with Crippen LogP contribution in [0, 0.1) is 11.8 Å². The molecule has 1 aliphatic heterocycles. The van der Waals surface area contributed by atoms with E-state index in [0.29, 0.717) is 19.3 Å². The molecule has 0 amide bonds. The minimum absolute atomic E-state index is 0.0417. The molecule has 2 saturated carbocycles. The molecule has 0 aromatic carbocycles. The van der Waals surface area contributed by atoms with E-state index < -0.39 is 18.3 Å².